The second-order valence-corrected chi connectivity index (χ2v) is 7.62. The van der Waals surface area contributed by atoms with Gasteiger partial charge in [0.2, 0.25) is 11.8 Å². The fourth-order valence-electron chi connectivity index (χ4n) is 3.15. The molecule has 0 aliphatic carbocycles. The van der Waals surface area contributed by atoms with Crippen molar-refractivity contribution in [2.45, 2.75) is 32.9 Å². The fourth-order valence-corrected chi connectivity index (χ4v) is 3.15. The summed E-state index contributed by atoms with van der Waals surface area (Å²) in [5, 5.41) is 9.71. The van der Waals surface area contributed by atoms with E-state index in [-0.39, 0.29) is 18.4 Å². The van der Waals surface area contributed by atoms with E-state index >= 15 is 0 Å². The van der Waals surface area contributed by atoms with Crippen molar-refractivity contribution in [1.29, 1.82) is 0 Å². The molecule has 0 aliphatic heterocycles. The largest absolute Gasteiger partial charge is 0.493 e. The smallest absolute Gasteiger partial charge is 0.246 e. The van der Waals surface area contributed by atoms with Gasteiger partial charge in [0, 0.05) is 30.7 Å². The van der Waals surface area contributed by atoms with Crippen LogP contribution in [-0.2, 0) is 22.7 Å². The number of carbonyl (C=O) groups excluding carboxylic acids is 2. The first-order valence-electron chi connectivity index (χ1n) is 11.2. The highest BCUT2D eigenvalue weighted by atomic mass is 16.5. The molecule has 34 heavy (non-hydrogen) atoms. The van der Waals surface area contributed by atoms with Gasteiger partial charge in [-0.2, -0.15) is 5.10 Å². The number of anilines is 1. The van der Waals surface area contributed by atoms with Gasteiger partial charge in [-0.25, -0.2) is 0 Å². The number of methoxy groups -OCH3 is 1. The van der Waals surface area contributed by atoms with E-state index in [0.29, 0.717) is 30.3 Å². The molecule has 0 unspecified atom stereocenters. The Hall–Kier alpha value is -4.07. The highest BCUT2D eigenvalue weighted by Crippen LogP contribution is 2.28. The Labute approximate surface area is 199 Å². The molecule has 0 saturated carbocycles. The SMILES string of the molecule is CCCCOc1ccc(/C=C/C(=O)NCc2cccc(NC(=O)Cn3cccn3)c2)cc1OC. The van der Waals surface area contributed by atoms with E-state index in [1.54, 1.807) is 42.4 Å². The summed E-state index contributed by atoms with van der Waals surface area (Å²) < 4.78 is 12.7. The normalized spacial score (nSPS) is 10.8. The molecule has 178 valence electrons. The van der Waals surface area contributed by atoms with Crippen molar-refractivity contribution in [3.8, 4) is 11.5 Å². The van der Waals surface area contributed by atoms with Crippen LogP contribution in [0.25, 0.3) is 6.08 Å². The minimum absolute atomic E-state index is 0.134. The first-order chi connectivity index (χ1) is 16.6. The van der Waals surface area contributed by atoms with Crippen molar-refractivity contribution < 1.29 is 19.1 Å². The monoisotopic (exact) mass is 462 g/mol. The lowest BCUT2D eigenvalue weighted by atomic mass is 10.1. The summed E-state index contributed by atoms with van der Waals surface area (Å²) in [4.78, 5) is 24.4. The molecule has 2 N–H and O–H groups in total. The molecule has 0 aliphatic rings. The maximum absolute atomic E-state index is 12.3. The van der Waals surface area contributed by atoms with Gasteiger partial charge >= 0.3 is 0 Å². The highest BCUT2D eigenvalue weighted by molar-refractivity contribution is 5.92. The van der Waals surface area contributed by atoms with Crippen LogP contribution in [0.3, 0.4) is 0 Å². The number of hydrogen-bond donors (Lipinski definition) is 2. The lowest BCUT2D eigenvalue weighted by molar-refractivity contribution is -0.117. The maximum Gasteiger partial charge on any atom is 0.246 e. The molecule has 2 aromatic carbocycles. The molecule has 0 fully saturated rings. The molecule has 8 heteroatoms. The summed E-state index contributed by atoms with van der Waals surface area (Å²) in [6, 6.07) is 14.7. The van der Waals surface area contributed by atoms with Gasteiger partial charge in [-0.05, 0) is 54.0 Å². The van der Waals surface area contributed by atoms with E-state index in [0.717, 1.165) is 24.0 Å². The van der Waals surface area contributed by atoms with Gasteiger partial charge < -0.3 is 20.1 Å². The first kappa shape index (κ1) is 24.6. The first-order valence-corrected chi connectivity index (χ1v) is 11.2. The number of aromatic nitrogens is 2. The van der Waals surface area contributed by atoms with Gasteiger partial charge in [0.25, 0.3) is 0 Å². The van der Waals surface area contributed by atoms with Crippen molar-refractivity contribution in [3.63, 3.8) is 0 Å². The molecule has 1 heterocycles. The zero-order valence-corrected chi connectivity index (χ0v) is 19.5. The quantitative estimate of drug-likeness (QED) is 0.313. The molecular formula is C26H30N4O4. The molecular weight excluding hydrogens is 432 g/mol. The highest BCUT2D eigenvalue weighted by Gasteiger charge is 2.06. The minimum Gasteiger partial charge on any atom is -0.493 e. The Balaban J connectivity index is 1.50. The maximum atomic E-state index is 12.3. The van der Waals surface area contributed by atoms with Crippen molar-refractivity contribution in [1.82, 2.24) is 15.1 Å². The van der Waals surface area contributed by atoms with Gasteiger partial charge in [0.1, 0.15) is 6.54 Å². The number of rotatable bonds is 12. The zero-order chi connectivity index (χ0) is 24.2. The van der Waals surface area contributed by atoms with Crippen LogP contribution in [0.4, 0.5) is 5.69 Å². The molecule has 0 saturated heterocycles. The van der Waals surface area contributed by atoms with Crippen molar-refractivity contribution in [3.05, 3.63) is 78.1 Å². The number of unbranched alkanes of at least 4 members (excludes halogenated alkanes) is 1. The summed E-state index contributed by atoms with van der Waals surface area (Å²) >= 11 is 0. The van der Waals surface area contributed by atoms with Crippen LogP contribution in [0.15, 0.2) is 67.0 Å². The van der Waals surface area contributed by atoms with Crippen LogP contribution in [0.1, 0.15) is 30.9 Å². The summed E-state index contributed by atoms with van der Waals surface area (Å²) in [5.74, 6) is 0.916. The van der Waals surface area contributed by atoms with Gasteiger partial charge in [0.05, 0.1) is 13.7 Å². The van der Waals surface area contributed by atoms with Gasteiger partial charge in [0.15, 0.2) is 11.5 Å². The lowest BCUT2D eigenvalue weighted by Crippen LogP contribution is -2.21. The predicted molar refractivity (Wildman–Crippen MR) is 132 cm³/mol. The molecule has 1 aromatic heterocycles. The molecule has 3 rings (SSSR count). The Bertz CT molecular complexity index is 1110. The van der Waals surface area contributed by atoms with E-state index in [1.165, 1.54) is 6.08 Å². The zero-order valence-electron chi connectivity index (χ0n) is 19.5. The third-order valence-electron chi connectivity index (χ3n) is 4.91. The Kier molecular flexibility index (Phi) is 9.28. The third-order valence-corrected chi connectivity index (χ3v) is 4.91. The number of nitrogens with one attached hydrogen (secondary N) is 2. The van der Waals surface area contributed by atoms with Crippen molar-refractivity contribution >= 4 is 23.6 Å². The average molecular weight is 463 g/mol. The van der Waals surface area contributed by atoms with Crippen LogP contribution >= 0.6 is 0 Å². The second kappa shape index (κ2) is 12.8. The number of carbonyl (C=O) groups is 2. The molecule has 0 spiro atoms. The summed E-state index contributed by atoms with van der Waals surface area (Å²) in [7, 11) is 1.59. The molecule has 0 atom stereocenters. The fraction of sp³-hybridized carbons (Fsp3) is 0.269. The van der Waals surface area contributed by atoms with Crippen molar-refractivity contribution in [2.75, 3.05) is 19.0 Å². The molecule has 2 amide bonds. The summed E-state index contributed by atoms with van der Waals surface area (Å²) in [6.45, 7) is 3.22. The summed E-state index contributed by atoms with van der Waals surface area (Å²) in [6.07, 6.45) is 8.58. The van der Waals surface area contributed by atoms with Crippen LogP contribution < -0.4 is 20.1 Å². The number of nitrogens with zero attached hydrogens (tertiary/aromatic N) is 2. The average Bonchev–Trinajstić information content (AvgIpc) is 3.35. The molecule has 0 radical (unpaired) electrons. The predicted octanol–water partition coefficient (Wildman–Crippen LogP) is 4.04. The minimum atomic E-state index is -0.227. The van der Waals surface area contributed by atoms with E-state index < -0.39 is 0 Å². The van der Waals surface area contributed by atoms with Gasteiger partial charge in [-0.1, -0.05) is 31.5 Å². The topological polar surface area (TPSA) is 94.5 Å². The van der Waals surface area contributed by atoms with E-state index in [2.05, 4.69) is 22.7 Å². The van der Waals surface area contributed by atoms with Crippen LogP contribution in [0.2, 0.25) is 0 Å². The Morgan fingerprint density at radius 3 is 2.76 bits per heavy atom. The van der Waals surface area contributed by atoms with E-state index in [9.17, 15) is 9.59 Å². The standard InChI is InChI=1S/C26H30N4O4/c1-3-4-15-34-23-11-9-20(17-24(23)33-2)10-12-25(31)27-18-21-7-5-8-22(16-21)29-26(32)19-30-14-6-13-28-30/h5-14,16-17H,3-4,15,18-19H2,1-2H3,(H,27,31)(H,29,32)/b12-10+. The van der Waals surface area contributed by atoms with Crippen LogP contribution in [0.5, 0.6) is 11.5 Å². The lowest BCUT2D eigenvalue weighted by Gasteiger charge is -2.11. The van der Waals surface area contributed by atoms with Crippen LogP contribution in [-0.4, -0.2) is 35.3 Å². The van der Waals surface area contributed by atoms with Crippen molar-refractivity contribution in [2.24, 2.45) is 0 Å². The molecule has 0 bridgehead atoms. The Morgan fingerprint density at radius 1 is 1.12 bits per heavy atom. The van der Waals surface area contributed by atoms with Crippen LogP contribution in [0, 0.1) is 0 Å². The third kappa shape index (κ3) is 7.81. The van der Waals surface area contributed by atoms with E-state index in [1.807, 2.05) is 36.4 Å². The molecule has 3 aromatic rings. The number of amides is 2. The second-order valence-electron chi connectivity index (χ2n) is 7.62. The number of benzene rings is 2. The van der Waals surface area contributed by atoms with E-state index in [4.69, 9.17) is 9.47 Å². The summed E-state index contributed by atoms with van der Waals surface area (Å²) in [5.41, 5.74) is 2.36. The number of hydrogen-bond acceptors (Lipinski definition) is 5. The molecule has 8 nitrogen and oxygen atoms in total. The Morgan fingerprint density at radius 2 is 2.00 bits per heavy atom. The number of ether oxygens (including phenoxy) is 2. The van der Waals surface area contributed by atoms with Gasteiger partial charge in [-0.15, -0.1) is 0 Å². The van der Waals surface area contributed by atoms with Gasteiger partial charge in [-0.3, -0.25) is 14.3 Å².